The number of nitrogens with zero attached hydrogens (tertiary/aromatic N) is 3. The second-order valence-electron chi connectivity index (χ2n) is 4.90. The first kappa shape index (κ1) is 12.3. The van der Waals surface area contributed by atoms with Crippen LogP contribution in [-0.2, 0) is 13.0 Å². The zero-order valence-corrected chi connectivity index (χ0v) is 10.8. The lowest BCUT2D eigenvalue weighted by Crippen LogP contribution is -2.19. The Bertz CT molecular complexity index is 564. The molecule has 0 amide bonds. The Morgan fingerprint density at radius 2 is 2.37 bits per heavy atom. The fourth-order valence-electron chi connectivity index (χ4n) is 2.79. The van der Waals surface area contributed by atoms with Gasteiger partial charge in [0.15, 0.2) is 0 Å². The number of hydrogen-bond donors (Lipinski definition) is 2. The molecule has 3 rings (SSSR count). The summed E-state index contributed by atoms with van der Waals surface area (Å²) in [5, 5.41) is 13.8. The summed E-state index contributed by atoms with van der Waals surface area (Å²) in [7, 11) is 0. The normalized spacial score (nSPS) is 18.3. The quantitative estimate of drug-likeness (QED) is 0.869. The third kappa shape index (κ3) is 2.15. The van der Waals surface area contributed by atoms with Gasteiger partial charge >= 0.3 is 0 Å². The molecule has 1 aliphatic carbocycles. The highest BCUT2D eigenvalue weighted by Crippen LogP contribution is 2.35. The van der Waals surface area contributed by atoms with Gasteiger partial charge in [0, 0.05) is 35.3 Å². The average Bonchev–Trinajstić information content (AvgIpc) is 2.81. The van der Waals surface area contributed by atoms with Crippen LogP contribution in [0.2, 0.25) is 0 Å². The van der Waals surface area contributed by atoms with Gasteiger partial charge in [0.25, 0.3) is 0 Å². The minimum atomic E-state index is 0.0337. The second kappa shape index (κ2) is 5.11. The van der Waals surface area contributed by atoms with E-state index in [2.05, 4.69) is 10.1 Å². The Morgan fingerprint density at radius 3 is 3.11 bits per heavy atom. The van der Waals surface area contributed by atoms with Crippen LogP contribution in [0.15, 0.2) is 24.5 Å². The molecule has 2 aromatic rings. The molecule has 1 atom stereocenters. The highest BCUT2D eigenvalue weighted by Gasteiger charge is 2.26. The van der Waals surface area contributed by atoms with Crippen molar-refractivity contribution in [1.82, 2.24) is 14.8 Å². The lowest BCUT2D eigenvalue weighted by atomic mass is 9.90. The predicted octanol–water partition coefficient (Wildman–Crippen LogP) is 1.27. The zero-order chi connectivity index (χ0) is 13.2. The van der Waals surface area contributed by atoms with Crippen molar-refractivity contribution < 1.29 is 5.11 Å². The standard InChI is InChI=1S/C14H18N4O/c15-11-4-1-5-12-13(11)14(17-18(12)7-8-19)10-3-2-6-16-9-10/h2-3,6,9,11,19H,1,4-5,7-8,15H2. The highest BCUT2D eigenvalue weighted by molar-refractivity contribution is 5.64. The molecule has 5 nitrogen and oxygen atoms in total. The van der Waals surface area contributed by atoms with E-state index in [4.69, 9.17) is 10.8 Å². The lowest BCUT2D eigenvalue weighted by molar-refractivity contribution is 0.266. The van der Waals surface area contributed by atoms with E-state index >= 15 is 0 Å². The van der Waals surface area contributed by atoms with Gasteiger partial charge in [0.2, 0.25) is 0 Å². The summed E-state index contributed by atoms with van der Waals surface area (Å²) in [5.74, 6) is 0. The van der Waals surface area contributed by atoms with Crippen LogP contribution < -0.4 is 5.73 Å². The number of rotatable bonds is 3. The first-order valence-electron chi connectivity index (χ1n) is 6.67. The first-order chi connectivity index (χ1) is 9.31. The smallest absolute Gasteiger partial charge is 0.0989 e. The van der Waals surface area contributed by atoms with Crippen molar-refractivity contribution in [3.8, 4) is 11.3 Å². The van der Waals surface area contributed by atoms with Gasteiger partial charge in [0.05, 0.1) is 18.8 Å². The van der Waals surface area contributed by atoms with Gasteiger partial charge in [-0.15, -0.1) is 0 Å². The lowest BCUT2D eigenvalue weighted by Gasteiger charge is -2.20. The summed E-state index contributed by atoms with van der Waals surface area (Å²) in [6.45, 7) is 0.616. The number of hydrogen-bond acceptors (Lipinski definition) is 4. The van der Waals surface area contributed by atoms with Gasteiger partial charge in [-0.05, 0) is 31.4 Å². The number of nitrogens with two attached hydrogens (primary N) is 1. The Balaban J connectivity index is 2.14. The molecule has 1 aliphatic rings. The van der Waals surface area contributed by atoms with Gasteiger partial charge in [-0.25, -0.2) is 0 Å². The van der Waals surface area contributed by atoms with E-state index < -0.39 is 0 Å². The van der Waals surface area contributed by atoms with E-state index in [0.29, 0.717) is 6.54 Å². The molecule has 2 aromatic heterocycles. The SMILES string of the molecule is NC1CCCc2c1c(-c1cccnc1)nn2CCO. The Kier molecular flexibility index (Phi) is 3.31. The third-order valence-electron chi connectivity index (χ3n) is 3.64. The molecule has 0 radical (unpaired) electrons. The number of aromatic nitrogens is 3. The van der Waals surface area contributed by atoms with Gasteiger partial charge in [-0.2, -0.15) is 5.10 Å². The molecule has 3 N–H and O–H groups in total. The maximum Gasteiger partial charge on any atom is 0.0989 e. The van der Waals surface area contributed by atoms with E-state index in [1.807, 2.05) is 23.0 Å². The first-order valence-corrected chi connectivity index (χ1v) is 6.67. The van der Waals surface area contributed by atoms with Crippen LogP contribution in [0.5, 0.6) is 0 Å². The summed E-state index contributed by atoms with van der Waals surface area (Å²) in [4.78, 5) is 4.15. The maximum absolute atomic E-state index is 9.16. The van der Waals surface area contributed by atoms with Crippen LogP contribution in [0.25, 0.3) is 11.3 Å². The minimum Gasteiger partial charge on any atom is -0.394 e. The number of pyridine rings is 1. The largest absolute Gasteiger partial charge is 0.394 e. The van der Waals surface area contributed by atoms with Gasteiger partial charge < -0.3 is 10.8 Å². The Labute approximate surface area is 112 Å². The molecule has 100 valence electrons. The van der Waals surface area contributed by atoms with Crippen molar-refractivity contribution in [2.24, 2.45) is 5.73 Å². The van der Waals surface area contributed by atoms with Crippen LogP contribution in [0.1, 0.15) is 30.1 Å². The van der Waals surface area contributed by atoms with E-state index in [-0.39, 0.29) is 12.6 Å². The van der Waals surface area contributed by atoms with E-state index in [1.54, 1.807) is 6.20 Å². The molecule has 0 fully saturated rings. The molecule has 0 saturated carbocycles. The van der Waals surface area contributed by atoms with Crippen molar-refractivity contribution in [3.63, 3.8) is 0 Å². The molecule has 1 unspecified atom stereocenters. The molecule has 19 heavy (non-hydrogen) atoms. The molecular formula is C14H18N4O. The summed E-state index contributed by atoms with van der Waals surface area (Å²) in [6.07, 6.45) is 6.62. The highest BCUT2D eigenvalue weighted by atomic mass is 16.3. The summed E-state index contributed by atoms with van der Waals surface area (Å²) in [6, 6.07) is 3.94. The topological polar surface area (TPSA) is 77.0 Å². The fraction of sp³-hybridized carbons (Fsp3) is 0.429. The van der Waals surface area contributed by atoms with Crippen LogP contribution in [0.4, 0.5) is 0 Å². The average molecular weight is 258 g/mol. The number of aliphatic hydroxyl groups is 1. The minimum absolute atomic E-state index is 0.0337. The Morgan fingerprint density at radius 1 is 1.47 bits per heavy atom. The van der Waals surface area contributed by atoms with Crippen molar-refractivity contribution in [2.45, 2.75) is 31.8 Å². The van der Waals surface area contributed by atoms with Gasteiger partial charge in [-0.3, -0.25) is 9.67 Å². The number of aliphatic hydroxyl groups excluding tert-OH is 1. The molecular weight excluding hydrogens is 240 g/mol. The molecule has 0 bridgehead atoms. The molecule has 0 spiro atoms. The number of fused-ring (bicyclic) bond motifs is 1. The van der Waals surface area contributed by atoms with Crippen LogP contribution in [0, 0.1) is 0 Å². The molecule has 2 heterocycles. The van der Waals surface area contributed by atoms with Crippen molar-refractivity contribution >= 4 is 0 Å². The summed E-state index contributed by atoms with van der Waals surface area (Å²) in [5.41, 5.74) is 10.5. The zero-order valence-electron chi connectivity index (χ0n) is 10.8. The van der Waals surface area contributed by atoms with Crippen molar-refractivity contribution in [2.75, 3.05) is 6.61 Å². The van der Waals surface area contributed by atoms with Crippen LogP contribution in [0.3, 0.4) is 0 Å². The molecule has 5 heteroatoms. The van der Waals surface area contributed by atoms with Crippen LogP contribution >= 0.6 is 0 Å². The van der Waals surface area contributed by atoms with E-state index in [9.17, 15) is 0 Å². The fourth-order valence-corrected chi connectivity index (χ4v) is 2.79. The van der Waals surface area contributed by atoms with E-state index in [0.717, 1.165) is 36.1 Å². The third-order valence-corrected chi connectivity index (χ3v) is 3.64. The summed E-state index contributed by atoms with van der Waals surface area (Å²) < 4.78 is 1.90. The molecule has 0 aliphatic heterocycles. The van der Waals surface area contributed by atoms with Crippen LogP contribution in [-0.4, -0.2) is 26.5 Å². The Hall–Kier alpha value is -1.72. The predicted molar refractivity (Wildman–Crippen MR) is 72.4 cm³/mol. The van der Waals surface area contributed by atoms with Crippen molar-refractivity contribution in [3.05, 3.63) is 35.8 Å². The van der Waals surface area contributed by atoms with Gasteiger partial charge in [-0.1, -0.05) is 0 Å². The van der Waals surface area contributed by atoms with Crippen molar-refractivity contribution in [1.29, 1.82) is 0 Å². The summed E-state index contributed by atoms with van der Waals surface area (Å²) >= 11 is 0. The maximum atomic E-state index is 9.16. The monoisotopic (exact) mass is 258 g/mol. The van der Waals surface area contributed by atoms with E-state index in [1.165, 1.54) is 5.69 Å². The van der Waals surface area contributed by atoms with Gasteiger partial charge in [0.1, 0.15) is 0 Å². The molecule has 0 saturated heterocycles. The second-order valence-corrected chi connectivity index (χ2v) is 4.90. The molecule has 0 aromatic carbocycles.